The third-order valence-corrected chi connectivity index (χ3v) is 4.52. The Balaban J connectivity index is 2.18. The van der Waals surface area contributed by atoms with Crippen LogP contribution in [0.25, 0.3) is 0 Å². The molecule has 94 valence electrons. The highest BCUT2D eigenvalue weighted by molar-refractivity contribution is 5.38. The van der Waals surface area contributed by atoms with E-state index in [9.17, 15) is 0 Å². The van der Waals surface area contributed by atoms with Crippen LogP contribution in [0.15, 0.2) is 18.9 Å². The normalized spacial score (nSPS) is 21.2. The second kappa shape index (κ2) is 3.62. The standard InChI is InChI=1S/C14H23N3/c1-7-8-17-9-10(2)15-12(17)16-11-13(3,4)14(11,5)6/h7,9,11H,1,8H2,2-6H3,(H,15,16). The van der Waals surface area contributed by atoms with E-state index in [2.05, 4.69) is 55.3 Å². The Morgan fingerprint density at radius 2 is 2.00 bits per heavy atom. The van der Waals surface area contributed by atoms with Crippen LogP contribution in [-0.2, 0) is 6.54 Å². The summed E-state index contributed by atoms with van der Waals surface area (Å²) < 4.78 is 2.12. The van der Waals surface area contributed by atoms with Crippen LogP contribution in [0.3, 0.4) is 0 Å². The van der Waals surface area contributed by atoms with E-state index < -0.39 is 0 Å². The summed E-state index contributed by atoms with van der Waals surface area (Å²) in [5.74, 6) is 0.964. The summed E-state index contributed by atoms with van der Waals surface area (Å²) in [4.78, 5) is 4.54. The molecule has 1 fully saturated rings. The number of aryl methyl sites for hydroxylation is 1. The molecule has 0 unspecified atom stereocenters. The molecular formula is C14H23N3. The minimum absolute atomic E-state index is 0.325. The Kier molecular flexibility index (Phi) is 2.60. The maximum absolute atomic E-state index is 4.54. The van der Waals surface area contributed by atoms with Crippen molar-refractivity contribution in [1.29, 1.82) is 0 Å². The van der Waals surface area contributed by atoms with Gasteiger partial charge in [-0.15, -0.1) is 6.58 Å². The Hall–Kier alpha value is -1.25. The molecule has 3 nitrogen and oxygen atoms in total. The molecule has 0 spiro atoms. The Morgan fingerprint density at radius 3 is 2.47 bits per heavy atom. The van der Waals surface area contributed by atoms with Crippen molar-refractivity contribution >= 4 is 5.95 Å². The molecule has 1 heterocycles. The van der Waals surface area contributed by atoms with Gasteiger partial charge < -0.3 is 9.88 Å². The molecule has 1 aromatic heterocycles. The summed E-state index contributed by atoms with van der Waals surface area (Å²) >= 11 is 0. The molecule has 0 aromatic carbocycles. The number of allylic oxidation sites excluding steroid dienone is 1. The predicted molar refractivity (Wildman–Crippen MR) is 72.1 cm³/mol. The topological polar surface area (TPSA) is 29.9 Å². The third kappa shape index (κ3) is 1.78. The molecule has 0 saturated heterocycles. The molecule has 1 aromatic rings. The van der Waals surface area contributed by atoms with Crippen LogP contribution in [0.4, 0.5) is 5.95 Å². The number of rotatable bonds is 4. The summed E-state index contributed by atoms with van der Waals surface area (Å²) in [6.45, 7) is 15.8. The van der Waals surface area contributed by atoms with Crippen molar-refractivity contribution in [2.45, 2.75) is 47.2 Å². The lowest BCUT2D eigenvalue weighted by Gasteiger charge is -2.09. The van der Waals surface area contributed by atoms with Gasteiger partial charge in [0.1, 0.15) is 0 Å². The van der Waals surface area contributed by atoms with Gasteiger partial charge in [0, 0.05) is 18.8 Å². The number of anilines is 1. The lowest BCUT2D eigenvalue weighted by atomic mass is 10.0. The van der Waals surface area contributed by atoms with Crippen LogP contribution in [0.2, 0.25) is 0 Å². The van der Waals surface area contributed by atoms with E-state index in [1.807, 2.05) is 13.0 Å². The fourth-order valence-corrected chi connectivity index (χ4v) is 2.63. The Bertz CT molecular complexity index is 426. The first kappa shape index (κ1) is 12.2. The SMILES string of the molecule is C=CCn1cc(C)nc1NC1C(C)(C)C1(C)C. The zero-order valence-electron chi connectivity index (χ0n) is 11.5. The summed E-state index contributed by atoms with van der Waals surface area (Å²) in [6, 6.07) is 0.486. The lowest BCUT2D eigenvalue weighted by molar-refractivity contribution is 0.457. The van der Waals surface area contributed by atoms with E-state index in [0.29, 0.717) is 16.9 Å². The van der Waals surface area contributed by atoms with Crippen LogP contribution in [-0.4, -0.2) is 15.6 Å². The molecule has 1 N–H and O–H groups in total. The van der Waals surface area contributed by atoms with Gasteiger partial charge >= 0.3 is 0 Å². The van der Waals surface area contributed by atoms with Crippen molar-refractivity contribution in [2.24, 2.45) is 10.8 Å². The molecule has 0 bridgehead atoms. The number of nitrogens with one attached hydrogen (secondary N) is 1. The van der Waals surface area contributed by atoms with Gasteiger partial charge in [-0.1, -0.05) is 33.8 Å². The van der Waals surface area contributed by atoms with E-state index >= 15 is 0 Å². The molecular weight excluding hydrogens is 210 g/mol. The average molecular weight is 233 g/mol. The van der Waals surface area contributed by atoms with Gasteiger partial charge in [0.25, 0.3) is 0 Å². The average Bonchev–Trinajstić information content (AvgIpc) is 2.53. The minimum atomic E-state index is 0.325. The zero-order chi connectivity index (χ0) is 12.8. The largest absolute Gasteiger partial charge is 0.352 e. The second-order valence-corrected chi connectivity index (χ2v) is 6.17. The molecule has 1 aliphatic rings. The fourth-order valence-electron chi connectivity index (χ4n) is 2.63. The third-order valence-electron chi connectivity index (χ3n) is 4.52. The lowest BCUT2D eigenvalue weighted by Crippen LogP contribution is -2.14. The van der Waals surface area contributed by atoms with Crippen molar-refractivity contribution in [2.75, 3.05) is 5.32 Å². The quantitative estimate of drug-likeness (QED) is 0.809. The number of nitrogens with zero attached hydrogens (tertiary/aromatic N) is 2. The fraction of sp³-hybridized carbons (Fsp3) is 0.643. The van der Waals surface area contributed by atoms with Crippen molar-refractivity contribution < 1.29 is 0 Å². The number of hydrogen-bond acceptors (Lipinski definition) is 2. The van der Waals surface area contributed by atoms with E-state index in [-0.39, 0.29) is 0 Å². The molecule has 17 heavy (non-hydrogen) atoms. The van der Waals surface area contributed by atoms with E-state index in [4.69, 9.17) is 0 Å². The highest BCUT2D eigenvalue weighted by Gasteiger charge is 2.65. The number of imidazole rings is 1. The zero-order valence-corrected chi connectivity index (χ0v) is 11.5. The molecule has 0 amide bonds. The molecule has 0 aliphatic heterocycles. The van der Waals surface area contributed by atoms with Gasteiger partial charge in [-0.25, -0.2) is 4.98 Å². The first-order chi connectivity index (χ1) is 7.80. The molecule has 0 atom stereocenters. The van der Waals surface area contributed by atoms with E-state index in [0.717, 1.165) is 18.2 Å². The van der Waals surface area contributed by atoms with Gasteiger partial charge in [0.15, 0.2) is 0 Å². The van der Waals surface area contributed by atoms with Gasteiger partial charge in [0.2, 0.25) is 5.95 Å². The maximum atomic E-state index is 4.54. The van der Waals surface area contributed by atoms with Crippen molar-refractivity contribution in [1.82, 2.24) is 9.55 Å². The van der Waals surface area contributed by atoms with Crippen LogP contribution in [0, 0.1) is 17.8 Å². The molecule has 0 radical (unpaired) electrons. The van der Waals surface area contributed by atoms with Crippen molar-refractivity contribution in [3.63, 3.8) is 0 Å². The van der Waals surface area contributed by atoms with Crippen LogP contribution in [0.5, 0.6) is 0 Å². The summed E-state index contributed by atoms with van der Waals surface area (Å²) in [7, 11) is 0. The summed E-state index contributed by atoms with van der Waals surface area (Å²) in [5, 5.41) is 3.57. The minimum Gasteiger partial charge on any atom is -0.352 e. The number of aromatic nitrogens is 2. The van der Waals surface area contributed by atoms with Crippen LogP contribution >= 0.6 is 0 Å². The van der Waals surface area contributed by atoms with Gasteiger partial charge in [-0.05, 0) is 17.8 Å². The van der Waals surface area contributed by atoms with E-state index in [1.54, 1.807) is 0 Å². The summed E-state index contributed by atoms with van der Waals surface area (Å²) in [5.41, 5.74) is 1.70. The Morgan fingerprint density at radius 1 is 1.41 bits per heavy atom. The summed E-state index contributed by atoms with van der Waals surface area (Å²) in [6.07, 6.45) is 3.96. The highest BCUT2D eigenvalue weighted by Crippen LogP contribution is 2.63. The predicted octanol–water partition coefficient (Wildman–Crippen LogP) is 3.22. The molecule has 1 saturated carbocycles. The van der Waals surface area contributed by atoms with Gasteiger partial charge in [0.05, 0.1) is 5.69 Å². The second-order valence-electron chi connectivity index (χ2n) is 6.17. The van der Waals surface area contributed by atoms with Crippen LogP contribution in [0.1, 0.15) is 33.4 Å². The first-order valence-electron chi connectivity index (χ1n) is 6.22. The van der Waals surface area contributed by atoms with E-state index in [1.165, 1.54) is 0 Å². The smallest absolute Gasteiger partial charge is 0.203 e. The highest BCUT2D eigenvalue weighted by atomic mass is 15.2. The molecule has 2 rings (SSSR count). The first-order valence-corrected chi connectivity index (χ1v) is 6.22. The van der Waals surface area contributed by atoms with Gasteiger partial charge in [-0.2, -0.15) is 0 Å². The van der Waals surface area contributed by atoms with Crippen molar-refractivity contribution in [3.05, 3.63) is 24.5 Å². The maximum Gasteiger partial charge on any atom is 0.203 e. The molecule has 3 heteroatoms. The number of hydrogen-bond donors (Lipinski definition) is 1. The van der Waals surface area contributed by atoms with Gasteiger partial charge in [-0.3, -0.25) is 0 Å². The van der Waals surface area contributed by atoms with Crippen LogP contribution < -0.4 is 5.32 Å². The Labute approximate surface area is 104 Å². The molecule has 1 aliphatic carbocycles. The van der Waals surface area contributed by atoms with Crippen molar-refractivity contribution in [3.8, 4) is 0 Å². The monoisotopic (exact) mass is 233 g/mol.